The van der Waals surface area contributed by atoms with E-state index in [1.165, 1.54) is 0 Å². The standard InChI is InChI=1S/C22H27F2N5O2/c1-3-29-19(28(2)18-6-15(23)16(24)11-25-18)7-17(27-29)21(30)26-20-13-4-12-5-14(20)10-22(31,8-12)9-13/h6-7,11-14,20,31H,3-5,8-10H2,1-2H3,(H,26,30). The Bertz CT molecular complexity index is 1010. The summed E-state index contributed by atoms with van der Waals surface area (Å²) in [5.41, 5.74) is -0.270. The highest BCUT2D eigenvalue weighted by Crippen LogP contribution is 2.55. The third-order valence-corrected chi connectivity index (χ3v) is 7.31. The Morgan fingerprint density at radius 2 is 1.97 bits per heavy atom. The van der Waals surface area contributed by atoms with Gasteiger partial charge in [-0.25, -0.2) is 18.4 Å². The summed E-state index contributed by atoms with van der Waals surface area (Å²) in [6.45, 7) is 2.39. The molecule has 2 aromatic rings. The number of amides is 1. The molecule has 166 valence electrons. The van der Waals surface area contributed by atoms with Crippen molar-refractivity contribution in [3.63, 3.8) is 0 Å². The second-order valence-electron chi connectivity index (χ2n) is 9.41. The van der Waals surface area contributed by atoms with Crippen molar-refractivity contribution in [2.24, 2.45) is 17.8 Å². The van der Waals surface area contributed by atoms with Crippen LogP contribution in [0.5, 0.6) is 0 Å². The summed E-state index contributed by atoms with van der Waals surface area (Å²) in [6.07, 6.45) is 5.36. The first-order valence-electron chi connectivity index (χ1n) is 10.9. The van der Waals surface area contributed by atoms with Crippen LogP contribution >= 0.6 is 0 Å². The van der Waals surface area contributed by atoms with Crippen LogP contribution in [0.4, 0.5) is 20.4 Å². The summed E-state index contributed by atoms with van der Waals surface area (Å²) in [7, 11) is 1.67. The fourth-order valence-corrected chi connectivity index (χ4v) is 6.17. The molecule has 0 radical (unpaired) electrons. The molecule has 0 saturated heterocycles. The molecule has 4 aliphatic carbocycles. The lowest BCUT2D eigenvalue weighted by molar-refractivity contribution is -0.136. The number of aliphatic hydroxyl groups is 1. The first-order chi connectivity index (χ1) is 14.8. The number of carbonyl (C=O) groups is 1. The summed E-state index contributed by atoms with van der Waals surface area (Å²) < 4.78 is 28.5. The number of anilines is 2. The monoisotopic (exact) mass is 431 g/mol. The SMILES string of the molecule is CCn1nc(C(=O)NC2C3CC4CC2CC(O)(C4)C3)cc1N(C)c1cc(F)c(F)cn1. The topological polar surface area (TPSA) is 83.3 Å². The van der Waals surface area contributed by atoms with E-state index < -0.39 is 17.2 Å². The first-order valence-corrected chi connectivity index (χ1v) is 10.9. The van der Waals surface area contributed by atoms with Gasteiger partial charge in [0.25, 0.3) is 5.91 Å². The minimum Gasteiger partial charge on any atom is -0.390 e. The van der Waals surface area contributed by atoms with Crippen LogP contribution in [0.1, 0.15) is 49.5 Å². The Labute approximate surface area is 179 Å². The Balaban J connectivity index is 1.36. The maximum Gasteiger partial charge on any atom is 0.272 e. The number of rotatable bonds is 5. The number of hydrogen-bond donors (Lipinski definition) is 2. The number of hydrogen-bond acceptors (Lipinski definition) is 5. The average Bonchev–Trinajstić information content (AvgIpc) is 3.15. The smallest absolute Gasteiger partial charge is 0.272 e. The van der Waals surface area contributed by atoms with Crippen LogP contribution in [0.25, 0.3) is 0 Å². The summed E-state index contributed by atoms with van der Waals surface area (Å²) in [6, 6.07) is 2.72. The molecule has 31 heavy (non-hydrogen) atoms. The number of halogens is 2. The van der Waals surface area contributed by atoms with E-state index in [-0.39, 0.29) is 23.5 Å². The Kier molecular flexibility index (Phi) is 4.76. The number of nitrogens with zero attached hydrogens (tertiary/aromatic N) is 4. The molecule has 2 atom stereocenters. The van der Waals surface area contributed by atoms with Crippen molar-refractivity contribution < 1.29 is 18.7 Å². The van der Waals surface area contributed by atoms with Crippen LogP contribution in [0.15, 0.2) is 18.3 Å². The van der Waals surface area contributed by atoms with E-state index in [0.717, 1.165) is 44.4 Å². The van der Waals surface area contributed by atoms with Gasteiger partial charge in [-0.05, 0) is 56.8 Å². The number of pyridine rings is 1. The average molecular weight is 431 g/mol. The van der Waals surface area contributed by atoms with E-state index in [2.05, 4.69) is 15.4 Å². The third kappa shape index (κ3) is 3.48. The van der Waals surface area contributed by atoms with Crippen LogP contribution in [0, 0.1) is 29.4 Å². The highest BCUT2D eigenvalue weighted by Gasteiger charge is 2.55. The van der Waals surface area contributed by atoms with Crippen molar-refractivity contribution in [2.75, 3.05) is 11.9 Å². The summed E-state index contributed by atoms with van der Waals surface area (Å²) in [5.74, 6) is -0.282. The van der Waals surface area contributed by atoms with Gasteiger partial charge in [0, 0.05) is 31.8 Å². The van der Waals surface area contributed by atoms with Gasteiger partial charge in [-0.1, -0.05) is 0 Å². The maximum atomic E-state index is 13.7. The molecule has 2 N–H and O–H groups in total. The molecule has 4 saturated carbocycles. The molecule has 6 rings (SSSR count). The zero-order valence-electron chi connectivity index (χ0n) is 17.7. The lowest BCUT2D eigenvalue weighted by atomic mass is 9.52. The molecule has 4 fully saturated rings. The van der Waals surface area contributed by atoms with Gasteiger partial charge in [0.2, 0.25) is 0 Å². The van der Waals surface area contributed by atoms with E-state index in [0.29, 0.717) is 30.1 Å². The van der Waals surface area contributed by atoms with Crippen molar-refractivity contribution >= 4 is 17.5 Å². The lowest BCUT2D eigenvalue weighted by Crippen LogP contribution is -2.61. The number of aromatic nitrogens is 3. The van der Waals surface area contributed by atoms with Crippen molar-refractivity contribution in [3.8, 4) is 0 Å². The van der Waals surface area contributed by atoms with Gasteiger partial charge in [-0.15, -0.1) is 0 Å². The maximum absolute atomic E-state index is 13.7. The fourth-order valence-electron chi connectivity index (χ4n) is 6.17. The largest absolute Gasteiger partial charge is 0.390 e. The van der Waals surface area contributed by atoms with Crippen molar-refractivity contribution in [1.82, 2.24) is 20.1 Å². The first kappa shape index (κ1) is 20.4. The van der Waals surface area contributed by atoms with E-state index in [9.17, 15) is 18.7 Å². The minimum atomic E-state index is -1.01. The molecule has 0 aromatic carbocycles. The lowest BCUT2D eigenvalue weighted by Gasteiger charge is -2.58. The number of aryl methyl sites for hydroxylation is 1. The van der Waals surface area contributed by atoms with Gasteiger partial charge >= 0.3 is 0 Å². The van der Waals surface area contributed by atoms with E-state index in [1.54, 1.807) is 22.7 Å². The van der Waals surface area contributed by atoms with Crippen LogP contribution in [-0.2, 0) is 6.54 Å². The zero-order valence-corrected chi connectivity index (χ0v) is 17.7. The molecule has 9 heteroatoms. The molecular formula is C22H27F2N5O2. The van der Waals surface area contributed by atoms with Gasteiger partial charge in [0.05, 0.1) is 11.8 Å². The molecule has 4 bridgehead atoms. The fraction of sp³-hybridized carbons (Fsp3) is 0.591. The third-order valence-electron chi connectivity index (χ3n) is 7.31. The molecular weight excluding hydrogens is 404 g/mol. The van der Waals surface area contributed by atoms with Crippen LogP contribution in [0.2, 0.25) is 0 Å². The molecule has 0 spiro atoms. The van der Waals surface area contributed by atoms with Crippen LogP contribution in [-0.4, -0.2) is 44.5 Å². The minimum absolute atomic E-state index is 0.0603. The van der Waals surface area contributed by atoms with Crippen molar-refractivity contribution in [2.45, 2.75) is 57.2 Å². The van der Waals surface area contributed by atoms with Crippen LogP contribution in [0.3, 0.4) is 0 Å². The van der Waals surface area contributed by atoms with Crippen molar-refractivity contribution in [3.05, 3.63) is 35.7 Å². The number of nitrogens with one attached hydrogen (secondary N) is 1. The predicted molar refractivity (Wildman–Crippen MR) is 110 cm³/mol. The molecule has 0 aliphatic heterocycles. The number of carbonyl (C=O) groups excluding carboxylic acids is 1. The van der Waals surface area contributed by atoms with E-state index >= 15 is 0 Å². The molecule has 1 amide bonds. The Morgan fingerprint density at radius 1 is 1.26 bits per heavy atom. The normalized spacial score (nSPS) is 31.1. The van der Waals surface area contributed by atoms with Crippen molar-refractivity contribution in [1.29, 1.82) is 0 Å². The van der Waals surface area contributed by atoms with Gasteiger partial charge in [0.1, 0.15) is 11.6 Å². The molecule has 2 heterocycles. The highest BCUT2D eigenvalue weighted by molar-refractivity contribution is 5.93. The second kappa shape index (κ2) is 7.25. The second-order valence-corrected chi connectivity index (χ2v) is 9.41. The predicted octanol–water partition coefficient (Wildman–Crippen LogP) is 3.01. The summed E-state index contributed by atoms with van der Waals surface area (Å²) >= 11 is 0. The Hall–Kier alpha value is -2.55. The zero-order chi connectivity index (χ0) is 21.9. The van der Waals surface area contributed by atoms with Crippen LogP contribution < -0.4 is 10.2 Å². The molecule has 7 nitrogen and oxygen atoms in total. The Morgan fingerprint density at radius 3 is 2.58 bits per heavy atom. The van der Waals surface area contributed by atoms with Gasteiger partial charge in [-0.2, -0.15) is 5.10 Å². The summed E-state index contributed by atoms with van der Waals surface area (Å²) in [5, 5.41) is 18.4. The quantitative estimate of drug-likeness (QED) is 0.761. The van der Waals surface area contributed by atoms with Gasteiger partial charge in [-0.3, -0.25) is 4.79 Å². The van der Waals surface area contributed by atoms with E-state index in [4.69, 9.17) is 0 Å². The highest BCUT2D eigenvalue weighted by atomic mass is 19.2. The summed E-state index contributed by atoms with van der Waals surface area (Å²) in [4.78, 5) is 18.6. The van der Waals surface area contributed by atoms with E-state index in [1.807, 2.05) is 6.92 Å². The van der Waals surface area contributed by atoms with Gasteiger partial charge in [0.15, 0.2) is 17.3 Å². The van der Waals surface area contributed by atoms with Gasteiger partial charge < -0.3 is 15.3 Å². The molecule has 2 unspecified atom stereocenters. The molecule has 2 aromatic heterocycles. The molecule has 4 aliphatic rings.